The van der Waals surface area contributed by atoms with Gasteiger partial charge in [-0.2, -0.15) is 0 Å². The van der Waals surface area contributed by atoms with Crippen LogP contribution in [0.3, 0.4) is 0 Å². The summed E-state index contributed by atoms with van der Waals surface area (Å²) in [6, 6.07) is 12.5. The fourth-order valence-electron chi connectivity index (χ4n) is 3.07. The second-order valence-corrected chi connectivity index (χ2v) is 7.72. The smallest absolute Gasteiger partial charge is 0.224 e. The highest BCUT2D eigenvalue weighted by Crippen LogP contribution is 2.14. The molecule has 2 aromatic carbocycles. The van der Waals surface area contributed by atoms with Crippen LogP contribution < -0.4 is 10.0 Å². The number of aliphatic imine (C=N–C) groups is 1. The zero-order chi connectivity index (χ0) is 22.8. The molecule has 0 aromatic heterocycles. The molecule has 166 valence electrons. The maximum absolute atomic E-state index is 13.4. The van der Waals surface area contributed by atoms with E-state index in [0.29, 0.717) is 17.7 Å². The zero-order valence-electron chi connectivity index (χ0n) is 17.9. The monoisotopic (exact) mass is 444 g/mol. The van der Waals surface area contributed by atoms with E-state index in [9.17, 15) is 17.9 Å². The Balaban J connectivity index is 2.19. The van der Waals surface area contributed by atoms with Gasteiger partial charge in [-0.05, 0) is 62.1 Å². The molecule has 0 spiro atoms. The van der Waals surface area contributed by atoms with Gasteiger partial charge in [-0.25, -0.2) is 4.39 Å². The normalized spacial score (nSPS) is 14.1. The second kappa shape index (κ2) is 12.1. The SMILES string of the molecule is C/C=C(/CC)N=C(C)[C@H](Cc1ccc(NS(=O)[O-])cc1)NC(=O)Cc1cccc(F)c1. The first-order chi connectivity index (χ1) is 14.8. The van der Waals surface area contributed by atoms with E-state index in [-0.39, 0.29) is 24.2 Å². The molecule has 6 nitrogen and oxygen atoms in total. The molecule has 0 fully saturated rings. The molecule has 2 N–H and O–H groups in total. The van der Waals surface area contributed by atoms with Crippen LogP contribution in [0.15, 0.2) is 65.3 Å². The summed E-state index contributed by atoms with van der Waals surface area (Å²) in [4.78, 5) is 17.3. The minimum absolute atomic E-state index is 0.0595. The Morgan fingerprint density at radius 3 is 2.52 bits per heavy atom. The Bertz CT molecular complexity index is 974. The average molecular weight is 445 g/mol. The molecule has 0 saturated carbocycles. The minimum Gasteiger partial charge on any atom is -0.755 e. The second-order valence-electron chi connectivity index (χ2n) is 7.05. The van der Waals surface area contributed by atoms with Gasteiger partial charge in [0.05, 0.1) is 12.5 Å². The number of halogens is 1. The minimum atomic E-state index is -2.39. The molecule has 0 aliphatic rings. The summed E-state index contributed by atoms with van der Waals surface area (Å²) in [6.07, 6.45) is 3.23. The number of amides is 1. The van der Waals surface area contributed by atoms with Crippen LogP contribution in [0.2, 0.25) is 0 Å². The molecule has 2 atom stereocenters. The van der Waals surface area contributed by atoms with Crippen molar-refractivity contribution in [3.63, 3.8) is 0 Å². The molecule has 0 heterocycles. The van der Waals surface area contributed by atoms with Crippen LogP contribution in [-0.2, 0) is 28.9 Å². The number of anilines is 1. The van der Waals surface area contributed by atoms with E-state index in [1.54, 1.807) is 36.4 Å². The van der Waals surface area contributed by atoms with Crippen molar-refractivity contribution < 1.29 is 17.9 Å². The van der Waals surface area contributed by atoms with Gasteiger partial charge in [0, 0.05) is 28.4 Å². The van der Waals surface area contributed by atoms with Gasteiger partial charge < -0.3 is 14.6 Å². The summed E-state index contributed by atoms with van der Waals surface area (Å²) in [5.74, 6) is -0.614. The Labute approximate surface area is 185 Å². The van der Waals surface area contributed by atoms with E-state index in [1.807, 2.05) is 26.8 Å². The number of hydrogen-bond donors (Lipinski definition) is 2. The number of carbonyl (C=O) groups excluding carboxylic acids is 1. The average Bonchev–Trinajstić information content (AvgIpc) is 2.72. The lowest BCUT2D eigenvalue weighted by atomic mass is 10.0. The fraction of sp³-hybridized carbons (Fsp3) is 0.304. The Hall–Kier alpha value is -2.84. The Morgan fingerprint density at radius 1 is 1.23 bits per heavy atom. The molecule has 31 heavy (non-hydrogen) atoms. The molecule has 1 amide bonds. The predicted octanol–water partition coefficient (Wildman–Crippen LogP) is 4.08. The van der Waals surface area contributed by atoms with Crippen LogP contribution >= 0.6 is 0 Å². The van der Waals surface area contributed by atoms with E-state index in [1.165, 1.54) is 12.1 Å². The predicted molar refractivity (Wildman–Crippen MR) is 122 cm³/mol. The Morgan fingerprint density at radius 2 is 1.94 bits per heavy atom. The van der Waals surface area contributed by atoms with Crippen molar-refractivity contribution in [2.24, 2.45) is 4.99 Å². The summed E-state index contributed by atoms with van der Waals surface area (Å²) in [5, 5.41) is 3.00. The first-order valence-corrected chi connectivity index (χ1v) is 11.1. The highest BCUT2D eigenvalue weighted by atomic mass is 32.2. The van der Waals surface area contributed by atoms with Crippen LogP contribution in [0.25, 0.3) is 0 Å². The van der Waals surface area contributed by atoms with Crippen LogP contribution in [0.1, 0.15) is 38.3 Å². The summed E-state index contributed by atoms with van der Waals surface area (Å²) in [5.41, 5.74) is 3.63. The van der Waals surface area contributed by atoms with Crippen molar-refractivity contribution >= 4 is 28.6 Å². The third kappa shape index (κ3) is 8.43. The molecule has 0 aliphatic heterocycles. The maximum atomic E-state index is 13.4. The van der Waals surface area contributed by atoms with Crippen molar-refractivity contribution in [1.29, 1.82) is 0 Å². The zero-order valence-corrected chi connectivity index (χ0v) is 18.7. The molecule has 0 bridgehead atoms. The van der Waals surface area contributed by atoms with Crippen molar-refractivity contribution in [3.05, 3.63) is 77.2 Å². The van der Waals surface area contributed by atoms with Crippen LogP contribution in [0, 0.1) is 5.82 Å². The number of nitrogens with one attached hydrogen (secondary N) is 2. The van der Waals surface area contributed by atoms with Gasteiger partial charge in [0.2, 0.25) is 5.91 Å². The topological polar surface area (TPSA) is 93.6 Å². The molecule has 1 unspecified atom stereocenters. The molecular formula is C23H27FN3O3S-. The fourth-order valence-corrected chi connectivity index (χ4v) is 3.40. The van der Waals surface area contributed by atoms with Crippen LogP contribution in [0.5, 0.6) is 0 Å². The van der Waals surface area contributed by atoms with Crippen molar-refractivity contribution in [1.82, 2.24) is 5.32 Å². The third-order valence-electron chi connectivity index (χ3n) is 4.70. The van der Waals surface area contributed by atoms with Gasteiger partial charge in [0.1, 0.15) is 5.82 Å². The van der Waals surface area contributed by atoms with Gasteiger partial charge in [-0.15, -0.1) is 0 Å². The quantitative estimate of drug-likeness (QED) is 0.427. The van der Waals surface area contributed by atoms with Gasteiger partial charge in [-0.3, -0.25) is 14.0 Å². The number of hydrogen-bond acceptors (Lipinski definition) is 4. The lowest BCUT2D eigenvalue weighted by Gasteiger charge is -2.20. The van der Waals surface area contributed by atoms with E-state index < -0.39 is 11.3 Å². The lowest BCUT2D eigenvalue weighted by molar-refractivity contribution is -0.120. The first kappa shape index (κ1) is 24.4. The van der Waals surface area contributed by atoms with Crippen molar-refractivity contribution in [3.8, 4) is 0 Å². The molecule has 8 heteroatoms. The van der Waals surface area contributed by atoms with E-state index in [2.05, 4.69) is 15.0 Å². The lowest BCUT2D eigenvalue weighted by Crippen LogP contribution is -2.42. The van der Waals surface area contributed by atoms with Gasteiger partial charge in [-0.1, -0.05) is 37.3 Å². The molecule has 0 aliphatic carbocycles. The van der Waals surface area contributed by atoms with Gasteiger partial charge in [0.15, 0.2) is 0 Å². The Kier molecular flexibility index (Phi) is 9.55. The third-order valence-corrected chi connectivity index (χ3v) is 5.11. The summed E-state index contributed by atoms with van der Waals surface area (Å²) >= 11 is -2.39. The largest absolute Gasteiger partial charge is 0.755 e. The highest BCUT2D eigenvalue weighted by Gasteiger charge is 2.17. The molecule has 2 aromatic rings. The standard InChI is InChI=1S/C23H28FN3O3S/c1-4-20(5-2)25-16(3)22(14-17-9-11-21(12-10-17)27-31(29)30)26-23(28)15-18-7-6-8-19(24)13-18/h4,6-13,22,27H,5,14-15H2,1-3H3,(H,26,28)(H,29,30)/p-1/b20-4-,25-16?/t22-/m0/s1. The van der Waals surface area contributed by atoms with Crippen molar-refractivity contribution in [2.45, 2.75) is 46.1 Å². The number of rotatable bonds is 10. The number of benzene rings is 2. The number of allylic oxidation sites excluding steroid dienone is 2. The first-order valence-electron chi connectivity index (χ1n) is 9.99. The summed E-state index contributed by atoms with van der Waals surface area (Å²) in [7, 11) is 0. The van der Waals surface area contributed by atoms with Crippen LogP contribution in [-0.4, -0.2) is 26.4 Å². The number of nitrogens with zero attached hydrogens (tertiary/aromatic N) is 1. The summed E-state index contributed by atoms with van der Waals surface area (Å²) in [6.45, 7) is 5.79. The van der Waals surface area contributed by atoms with Crippen LogP contribution in [0.4, 0.5) is 10.1 Å². The van der Waals surface area contributed by atoms with Crippen molar-refractivity contribution in [2.75, 3.05) is 4.72 Å². The van der Waals surface area contributed by atoms with E-state index in [4.69, 9.17) is 0 Å². The van der Waals surface area contributed by atoms with E-state index >= 15 is 0 Å². The number of carbonyl (C=O) groups is 1. The van der Waals surface area contributed by atoms with Gasteiger partial charge in [0.25, 0.3) is 0 Å². The molecule has 2 rings (SSSR count). The maximum Gasteiger partial charge on any atom is 0.224 e. The van der Waals surface area contributed by atoms with E-state index in [0.717, 1.165) is 23.4 Å². The molecule has 0 radical (unpaired) electrons. The molecular weight excluding hydrogens is 417 g/mol. The van der Waals surface area contributed by atoms with Gasteiger partial charge >= 0.3 is 0 Å². The highest BCUT2D eigenvalue weighted by molar-refractivity contribution is 7.80. The molecule has 0 saturated heterocycles. The summed E-state index contributed by atoms with van der Waals surface area (Å²) < 4.78 is 37.3.